The van der Waals surface area contributed by atoms with Gasteiger partial charge >= 0.3 is 0 Å². The van der Waals surface area contributed by atoms with Crippen LogP contribution in [0.1, 0.15) is 6.42 Å². The maximum absolute atomic E-state index is 12.8. The number of nitrogens with zero attached hydrogens (tertiary/aromatic N) is 2. The van der Waals surface area contributed by atoms with Crippen molar-refractivity contribution < 1.29 is 13.2 Å². The van der Waals surface area contributed by atoms with Crippen molar-refractivity contribution in [3.63, 3.8) is 0 Å². The molecule has 1 aliphatic heterocycles. The van der Waals surface area contributed by atoms with Crippen LogP contribution in [0.3, 0.4) is 0 Å². The Morgan fingerprint density at radius 1 is 1.38 bits per heavy atom. The number of carbonyl (C=O) groups is 1. The van der Waals surface area contributed by atoms with Crippen LogP contribution in [-0.4, -0.2) is 37.4 Å². The van der Waals surface area contributed by atoms with Crippen molar-refractivity contribution in [3.05, 3.63) is 46.3 Å². The SMILES string of the molecule is C=CCN(C(=O)[C@H]1CCS(=O)(=O)C1)c1nc(-c2ccc(Cl)c(Cl)c2)cs1. The largest absolute Gasteiger partial charge is 0.284 e. The first-order chi connectivity index (χ1) is 12.3. The minimum absolute atomic E-state index is 0.0533. The number of hydrogen-bond acceptors (Lipinski definition) is 5. The van der Waals surface area contributed by atoms with E-state index >= 15 is 0 Å². The van der Waals surface area contributed by atoms with Crippen LogP contribution in [0.5, 0.6) is 0 Å². The average molecular weight is 431 g/mol. The molecule has 1 aliphatic rings. The Morgan fingerprint density at radius 2 is 2.15 bits per heavy atom. The van der Waals surface area contributed by atoms with Crippen molar-refractivity contribution in [2.75, 3.05) is 23.0 Å². The lowest BCUT2D eigenvalue weighted by Crippen LogP contribution is -2.37. The van der Waals surface area contributed by atoms with Crippen LogP contribution in [0.25, 0.3) is 11.3 Å². The van der Waals surface area contributed by atoms with E-state index in [0.29, 0.717) is 27.3 Å². The summed E-state index contributed by atoms with van der Waals surface area (Å²) in [4.78, 5) is 18.8. The lowest BCUT2D eigenvalue weighted by molar-refractivity contribution is -0.121. The molecule has 3 rings (SSSR count). The fourth-order valence-corrected chi connectivity index (χ4v) is 5.66. The van der Waals surface area contributed by atoms with Crippen molar-refractivity contribution in [2.45, 2.75) is 6.42 Å². The summed E-state index contributed by atoms with van der Waals surface area (Å²) in [6, 6.07) is 5.20. The number of rotatable bonds is 5. The fraction of sp³-hybridized carbons (Fsp3) is 0.294. The number of amides is 1. The standard InChI is InChI=1S/C17H16Cl2N2O3S2/c1-2-6-21(16(22)12-5-7-26(23,24)10-12)17-20-15(9-25-17)11-3-4-13(18)14(19)8-11/h2-4,8-9,12H,1,5-7,10H2/t12-/m0/s1. The molecule has 1 amide bonds. The molecule has 0 bridgehead atoms. The summed E-state index contributed by atoms with van der Waals surface area (Å²) in [5, 5.41) is 3.20. The molecule has 2 heterocycles. The van der Waals surface area contributed by atoms with Gasteiger partial charge in [-0.25, -0.2) is 13.4 Å². The molecule has 0 radical (unpaired) electrons. The van der Waals surface area contributed by atoms with Gasteiger partial charge in [0.15, 0.2) is 15.0 Å². The highest BCUT2D eigenvalue weighted by molar-refractivity contribution is 7.91. The van der Waals surface area contributed by atoms with Crippen LogP contribution >= 0.6 is 34.5 Å². The molecule has 1 fully saturated rings. The summed E-state index contributed by atoms with van der Waals surface area (Å²) in [5.41, 5.74) is 1.46. The number of carbonyl (C=O) groups excluding carboxylic acids is 1. The van der Waals surface area contributed by atoms with Gasteiger partial charge in [0.2, 0.25) is 5.91 Å². The third-order valence-corrected chi connectivity index (χ3v) is 7.47. The fourth-order valence-electron chi connectivity index (χ4n) is 2.78. The van der Waals surface area contributed by atoms with E-state index in [2.05, 4.69) is 11.6 Å². The van der Waals surface area contributed by atoms with Gasteiger partial charge < -0.3 is 0 Å². The molecule has 138 valence electrons. The molecule has 0 saturated carbocycles. The topological polar surface area (TPSA) is 67.3 Å². The zero-order valence-electron chi connectivity index (χ0n) is 13.7. The Hall–Kier alpha value is -1.41. The van der Waals surface area contributed by atoms with Crippen LogP contribution < -0.4 is 4.90 Å². The van der Waals surface area contributed by atoms with Crippen LogP contribution in [0.4, 0.5) is 5.13 Å². The second-order valence-corrected chi connectivity index (χ2v) is 9.86. The van der Waals surface area contributed by atoms with E-state index in [1.165, 1.54) is 16.2 Å². The lowest BCUT2D eigenvalue weighted by atomic mass is 10.1. The van der Waals surface area contributed by atoms with Crippen LogP contribution in [0.15, 0.2) is 36.2 Å². The maximum atomic E-state index is 12.8. The van der Waals surface area contributed by atoms with E-state index in [4.69, 9.17) is 23.2 Å². The van der Waals surface area contributed by atoms with Gasteiger partial charge in [0.05, 0.1) is 33.2 Å². The molecule has 9 heteroatoms. The maximum Gasteiger partial charge on any atom is 0.233 e. The Kier molecular flexibility index (Phi) is 5.72. The Bertz CT molecular complexity index is 957. The van der Waals surface area contributed by atoms with Crippen molar-refractivity contribution in [1.82, 2.24) is 4.98 Å². The summed E-state index contributed by atoms with van der Waals surface area (Å²) in [6.07, 6.45) is 1.95. The zero-order chi connectivity index (χ0) is 18.9. The zero-order valence-corrected chi connectivity index (χ0v) is 16.8. The highest BCUT2D eigenvalue weighted by atomic mass is 35.5. The van der Waals surface area contributed by atoms with Gasteiger partial charge in [0, 0.05) is 17.5 Å². The first-order valence-electron chi connectivity index (χ1n) is 7.84. The Balaban J connectivity index is 1.87. The van der Waals surface area contributed by atoms with Gasteiger partial charge in [-0.3, -0.25) is 9.69 Å². The van der Waals surface area contributed by atoms with Gasteiger partial charge in [-0.1, -0.05) is 35.3 Å². The van der Waals surface area contributed by atoms with E-state index in [1.807, 2.05) is 5.38 Å². The summed E-state index contributed by atoms with van der Waals surface area (Å²) >= 11 is 13.3. The highest BCUT2D eigenvalue weighted by Crippen LogP contribution is 2.33. The molecule has 0 aliphatic carbocycles. The van der Waals surface area contributed by atoms with Crippen molar-refractivity contribution in [2.24, 2.45) is 5.92 Å². The molecular formula is C17H16Cl2N2O3S2. The number of benzene rings is 1. The number of thiazole rings is 1. The summed E-state index contributed by atoms with van der Waals surface area (Å²) in [6.45, 7) is 3.95. The van der Waals surface area contributed by atoms with E-state index in [0.717, 1.165) is 5.56 Å². The third kappa shape index (κ3) is 4.11. The van der Waals surface area contributed by atoms with Crippen molar-refractivity contribution in [3.8, 4) is 11.3 Å². The number of anilines is 1. The molecule has 0 N–H and O–H groups in total. The molecule has 5 nitrogen and oxygen atoms in total. The van der Waals surface area contributed by atoms with Gasteiger partial charge in [-0.15, -0.1) is 17.9 Å². The lowest BCUT2D eigenvalue weighted by Gasteiger charge is -2.21. The van der Waals surface area contributed by atoms with Gasteiger partial charge in [0.25, 0.3) is 0 Å². The van der Waals surface area contributed by atoms with E-state index in [9.17, 15) is 13.2 Å². The summed E-state index contributed by atoms with van der Waals surface area (Å²) in [7, 11) is -3.14. The quantitative estimate of drug-likeness (QED) is 0.670. The minimum Gasteiger partial charge on any atom is -0.284 e. The molecule has 1 aromatic carbocycles. The van der Waals surface area contributed by atoms with E-state index in [-0.39, 0.29) is 24.0 Å². The summed E-state index contributed by atoms with van der Waals surface area (Å²) < 4.78 is 23.4. The molecule has 1 saturated heterocycles. The molecular weight excluding hydrogens is 415 g/mol. The van der Waals surface area contributed by atoms with E-state index < -0.39 is 15.8 Å². The molecule has 1 atom stereocenters. The van der Waals surface area contributed by atoms with Gasteiger partial charge in [-0.05, 0) is 18.6 Å². The smallest absolute Gasteiger partial charge is 0.233 e. The molecule has 2 aromatic rings. The van der Waals surface area contributed by atoms with Crippen LogP contribution in [0, 0.1) is 5.92 Å². The number of sulfone groups is 1. The minimum atomic E-state index is -3.14. The first kappa shape index (κ1) is 19.4. The second-order valence-electron chi connectivity index (χ2n) is 5.98. The predicted molar refractivity (Wildman–Crippen MR) is 107 cm³/mol. The Labute approximate surface area is 166 Å². The van der Waals surface area contributed by atoms with Crippen LogP contribution in [0.2, 0.25) is 10.0 Å². The van der Waals surface area contributed by atoms with Gasteiger partial charge in [-0.2, -0.15) is 0 Å². The number of halogens is 2. The molecule has 26 heavy (non-hydrogen) atoms. The van der Waals surface area contributed by atoms with Crippen molar-refractivity contribution in [1.29, 1.82) is 0 Å². The monoisotopic (exact) mass is 430 g/mol. The normalized spacial score (nSPS) is 18.6. The average Bonchev–Trinajstić information content (AvgIpc) is 3.21. The number of aromatic nitrogens is 1. The van der Waals surface area contributed by atoms with E-state index in [1.54, 1.807) is 24.3 Å². The molecule has 0 spiro atoms. The second kappa shape index (κ2) is 7.68. The van der Waals surface area contributed by atoms with Gasteiger partial charge in [0.1, 0.15) is 0 Å². The number of hydrogen-bond donors (Lipinski definition) is 0. The molecule has 1 aromatic heterocycles. The predicted octanol–water partition coefficient (Wildman–Crippen LogP) is 4.07. The first-order valence-corrected chi connectivity index (χ1v) is 11.3. The third-order valence-electron chi connectivity index (χ3n) is 4.10. The Morgan fingerprint density at radius 3 is 2.77 bits per heavy atom. The summed E-state index contributed by atoms with van der Waals surface area (Å²) in [5.74, 6) is -0.819. The van der Waals surface area contributed by atoms with Crippen molar-refractivity contribution >= 4 is 55.4 Å². The molecule has 0 unspecified atom stereocenters. The highest BCUT2D eigenvalue weighted by Gasteiger charge is 2.36. The van der Waals surface area contributed by atoms with Crippen LogP contribution in [-0.2, 0) is 14.6 Å².